The summed E-state index contributed by atoms with van der Waals surface area (Å²) in [5.74, 6) is 5.40. The monoisotopic (exact) mass is 190 g/mol. The lowest BCUT2D eigenvalue weighted by atomic mass is 10.2. The SMILES string of the molecule is CC(=O)Oc1ccc(C#CCO)cc1. The Morgan fingerprint density at radius 3 is 2.57 bits per heavy atom. The van der Waals surface area contributed by atoms with E-state index in [0.717, 1.165) is 5.56 Å². The summed E-state index contributed by atoms with van der Waals surface area (Å²) in [7, 11) is 0. The zero-order chi connectivity index (χ0) is 10.4. The highest BCUT2D eigenvalue weighted by atomic mass is 16.5. The van der Waals surface area contributed by atoms with E-state index in [1.165, 1.54) is 6.92 Å². The highest BCUT2D eigenvalue weighted by Crippen LogP contribution is 2.11. The number of ether oxygens (including phenoxy) is 1. The second-order valence-electron chi connectivity index (χ2n) is 2.58. The molecule has 0 amide bonds. The summed E-state index contributed by atoms with van der Waals surface area (Å²) >= 11 is 0. The van der Waals surface area contributed by atoms with E-state index in [1.807, 2.05) is 0 Å². The van der Waals surface area contributed by atoms with Gasteiger partial charge >= 0.3 is 5.97 Å². The molecule has 0 saturated heterocycles. The van der Waals surface area contributed by atoms with Gasteiger partial charge in [0.15, 0.2) is 0 Å². The van der Waals surface area contributed by atoms with E-state index < -0.39 is 0 Å². The first-order valence-corrected chi connectivity index (χ1v) is 4.10. The van der Waals surface area contributed by atoms with E-state index in [2.05, 4.69) is 11.8 Å². The zero-order valence-electron chi connectivity index (χ0n) is 7.78. The normalized spacial score (nSPS) is 8.71. The number of rotatable bonds is 1. The number of aliphatic hydroxyl groups excluding tert-OH is 1. The predicted octanol–water partition coefficient (Wildman–Crippen LogP) is 0.956. The van der Waals surface area contributed by atoms with Crippen molar-refractivity contribution in [2.45, 2.75) is 6.92 Å². The molecular weight excluding hydrogens is 180 g/mol. The molecule has 0 bridgehead atoms. The first-order valence-electron chi connectivity index (χ1n) is 4.10. The van der Waals surface area contributed by atoms with Crippen molar-refractivity contribution in [3.63, 3.8) is 0 Å². The lowest BCUT2D eigenvalue weighted by molar-refractivity contribution is -0.131. The van der Waals surface area contributed by atoms with Crippen molar-refractivity contribution in [1.82, 2.24) is 0 Å². The lowest BCUT2D eigenvalue weighted by Gasteiger charge is -1.99. The largest absolute Gasteiger partial charge is 0.427 e. The summed E-state index contributed by atoms with van der Waals surface area (Å²) in [6.07, 6.45) is 0. The van der Waals surface area contributed by atoms with Gasteiger partial charge in [-0.05, 0) is 24.3 Å². The molecule has 72 valence electrons. The highest BCUT2D eigenvalue weighted by molar-refractivity contribution is 5.69. The Morgan fingerprint density at radius 1 is 1.43 bits per heavy atom. The quantitative estimate of drug-likeness (QED) is 0.407. The number of esters is 1. The topological polar surface area (TPSA) is 46.5 Å². The number of carbonyl (C=O) groups is 1. The summed E-state index contributed by atoms with van der Waals surface area (Å²) in [6, 6.07) is 6.76. The number of aliphatic hydroxyl groups is 1. The van der Waals surface area contributed by atoms with Crippen LogP contribution in [0.5, 0.6) is 5.75 Å². The van der Waals surface area contributed by atoms with E-state index >= 15 is 0 Å². The fraction of sp³-hybridized carbons (Fsp3) is 0.182. The molecule has 0 spiro atoms. The summed E-state index contributed by atoms with van der Waals surface area (Å²) in [5.41, 5.74) is 0.773. The average Bonchev–Trinajstić information content (AvgIpc) is 2.16. The first kappa shape index (κ1) is 10.3. The maximum Gasteiger partial charge on any atom is 0.308 e. The van der Waals surface area contributed by atoms with Crippen molar-refractivity contribution in [3.05, 3.63) is 29.8 Å². The van der Waals surface area contributed by atoms with Crippen LogP contribution in [-0.4, -0.2) is 17.7 Å². The van der Waals surface area contributed by atoms with Gasteiger partial charge in [-0.25, -0.2) is 0 Å². The van der Waals surface area contributed by atoms with Gasteiger partial charge in [-0.1, -0.05) is 11.8 Å². The second-order valence-corrected chi connectivity index (χ2v) is 2.58. The van der Waals surface area contributed by atoms with Gasteiger partial charge in [0.25, 0.3) is 0 Å². The van der Waals surface area contributed by atoms with E-state index in [1.54, 1.807) is 24.3 Å². The minimum Gasteiger partial charge on any atom is -0.427 e. The van der Waals surface area contributed by atoms with Crippen LogP contribution in [-0.2, 0) is 4.79 Å². The van der Waals surface area contributed by atoms with Gasteiger partial charge in [0.05, 0.1) is 0 Å². The minimum absolute atomic E-state index is 0.161. The Balaban J connectivity index is 2.73. The van der Waals surface area contributed by atoms with Gasteiger partial charge in [-0.15, -0.1) is 0 Å². The standard InChI is InChI=1S/C11H10O3/c1-9(13)14-11-6-4-10(5-7-11)3-2-8-12/h4-7,12H,8H2,1H3. The second kappa shape index (κ2) is 5.05. The Bertz CT molecular complexity index is 368. The van der Waals surface area contributed by atoms with E-state index in [4.69, 9.17) is 9.84 Å². The van der Waals surface area contributed by atoms with Crippen molar-refractivity contribution >= 4 is 5.97 Å². The molecule has 0 aromatic heterocycles. The summed E-state index contributed by atoms with van der Waals surface area (Å²) < 4.78 is 4.84. The van der Waals surface area contributed by atoms with Crippen LogP contribution in [0.25, 0.3) is 0 Å². The minimum atomic E-state index is -0.348. The maximum absolute atomic E-state index is 10.6. The zero-order valence-corrected chi connectivity index (χ0v) is 7.78. The highest BCUT2D eigenvalue weighted by Gasteiger charge is 1.96. The van der Waals surface area contributed by atoms with Crippen molar-refractivity contribution in [2.75, 3.05) is 6.61 Å². The van der Waals surface area contributed by atoms with Crippen LogP contribution in [0.1, 0.15) is 12.5 Å². The molecule has 0 fully saturated rings. The van der Waals surface area contributed by atoms with E-state index in [-0.39, 0.29) is 12.6 Å². The Hall–Kier alpha value is -1.79. The Labute approximate surface area is 82.3 Å². The molecule has 14 heavy (non-hydrogen) atoms. The van der Waals surface area contributed by atoms with E-state index in [0.29, 0.717) is 5.75 Å². The molecule has 0 atom stereocenters. The fourth-order valence-corrected chi connectivity index (χ4v) is 0.914. The molecule has 0 saturated carbocycles. The molecule has 0 heterocycles. The molecule has 0 unspecified atom stereocenters. The number of carbonyl (C=O) groups excluding carboxylic acids is 1. The fourth-order valence-electron chi connectivity index (χ4n) is 0.914. The van der Waals surface area contributed by atoms with Crippen LogP contribution in [0.15, 0.2) is 24.3 Å². The molecule has 3 nitrogen and oxygen atoms in total. The molecule has 0 aliphatic rings. The van der Waals surface area contributed by atoms with Crippen LogP contribution in [0, 0.1) is 11.8 Å². The molecule has 1 rings (SSSR count). The van der Waals surface area contributed by atoms with Gasteiger partial charge in [0.2, 0.25) is 0 Å². The maximum atomic E-state index is 10.6. The van der Waals surface area contributed by atoms with Crippen LogP contribution in [0.3, 0.4) is 0 Å². The number of hydrogen-bond acceptors (Lipinski definition) is 3. The van der Waals surface area contributed by atoms with Gasteiger partial charge in [0.1, 0.15) is 12.4 Å². The van der Waals surface area contributed by atoms with Crippen LogP contribution in [0.2, 0.25) is 0 Å². The first-order chi connectivity index (χ1) is 6.72. The smallest absolute Gasteiger partial charge is 0.308 e. The third-order valence-electron chi connectivity index (χ3n) is 1.43. The molecular formula is C11H10O3. The van der Waals surface area contributed by atoms with Gasteiger partial charge in [-0.2, -0.15) is 0 Å². The summed E-state index contributed by atoms with van der Waals surface area (Å²) in [4.78, 5) is 10.6. The lowest BCUT2D eigenvalue weighted by Crippen LogP contribution is -2.00. The molecule has 1 aromatic rings. The molecule has 0 aliphatic heterocycles. The number of hydrogen-bond donors (Lipinski definition) is 1. The molecule has 1 aromatic carbocycles. The van der Waals surface area contributed by atoms with Crippen LogP contribution < -0.4 is 4.74 Å². The average molecular weight is 190 g/mol. The van der Waals surface area contributed by atoms with Gasteiger partial charge in [-0.3, -0.25) is 4.79 Å². The van der Waals surface area contributed by atoms with Crippen molar-refractivity contribution in [3.8, 4) is 17.6 Å². The number of benzene rings is 1. The Morgan fingerprint density at radius 2 is 2.07 bits per heavy atom. The molecule has 0 aliphatic carbocycles. The molecule has 0 radical (unpaired) electrons. The van der Waals surface area contributed by atoms with Gasteiger partial charge < -0.3 is 9.84 Å². The van der Waals surface area contributed by atoms with Crippen molar-refractivity contribution in [1.29, 1.82) is 0 Å². The predicted molar refractivity (Wildman–Crippen MR) is 51.7 cm³/mol. The van der Waals surface area contributed by atoms with E-state index in [9.17, 15) is 4.79 Å². The Kier molecular flexibility index (Phi) is 3.71. The van der Waals surface area contributed by atoms with Crippen molar-refractivity contribution < 1.29 is 14.6 Å². The summed E-state index contributed by atoms with van der Waals surface area (Å²) in [5, 5.41) is 8.46. The van der Waals surface area contributed by atoms with Crippen LogP contribution >= 0.6 is 0 Å². The molecule has 3 heteroatoms. The van der Waals surface area contributed by atoms with Crippen molar-refractivity contribution in [2.24, 2.45) is 0 Å². The van der Waals surface area contributed by atoms with Gasteiger partial charge in [0, 0.05) is 12.5 Å². The van der Waals surface area contributed by atoms with Crippen LogP contribution in [0.4, 0.5) is 0 Å². The third kappa shape index (κ3) is 3.30. The summed E-state index contributed by atoms with van der Waals surface area (Å²) in [6.45, 7) is 1.19. The molecule has 1 N–H and O–H groups in total. The third-order valence-corrected chi connectivity index (χ3v) is 1.43.